The van der Waals surface area contributed by atoms with E-state index in [1.165, 1.54) is 25.0 Å². The summed E-state index contributed by atoms with van der Waals surface area (Å²) in [6.45, 7) is 5.70. The van der Waals surface area contributed by atoms with Gasteiger partial charge in [0.15, 0.2) is 0 Å². The van der Waals surface area contributed by atoms with Gasteiger partial charge in [0.05, 0.1) is 6.61 Å². The maximum Gasteiger partial charge on any atom is 0.124 e. The molecule has 5 heteroatoms. The van der Waals surface area contributed by atoms with Gasteiger partial charge in [-0.15, -0.1) is 0 Å². The Balaban J connectivity index is 1.71. The number of hydrogen-bond acceptors (Lipinski definition) is 3. The van der Waals surface area contributed by atoms with Gasteiger partial charge >= 0.3 is 0 Å². The molecule has 0 atom stereocenters. The highest BCUT2D eigenvalue weighted by Gasteiger charge is 2.19. The minimum Gasteiger partial charge on any atom is -0.383 e. The lowest BCUT2D eigenvalue weighted by molar-refractivity contribution is 0.168. The van der Waals surface area contributed by atoms with E-state index in [9.17, 15) is 4.39 Å². The van der Waals surface area contributed by atoms with Crippen LogP contribution in [0.1, 0.15) is 18.4 Å². The fourth-order valence-electron chi connectivity index (χ4n) is 2.72. The summed E-state index contributed by atoms with van der Waals surface area (Å²) < 4.78 is 18.1. The third kappa shape index (κ3) is 5.55. The Hall–Kier alpha value is -0.680. The second-order valence-electron chi connectivity index (χ2n) is 5.65. The maximum absolute atomic E-state index is 13.0. The summed E-state index contributed by atoms with van der Waals surface area (Å²) in [5.74, 6) is 0.464. The predicted molar refractivity (Wildman–Crippen MR) is 84.2 cm³/mol. The lowest BCUT2D eigenvalue weighted by Crippen LogP contribution is -2.37. The third-order valence-electron chi connectivity index (χ3n) is 4.03. The maximum atomic E-state index is 13.0. The van der Waals surface area contributed by atoms with Crippen molar-refractivity contribution >= 4 is 11.6 Å². The van der Waals surface area contributed by atoms with Gasteiger partial charge < -0.3 is 10.1 Å². The summed E-state index contributed by atoms with van der Waals surface area (Å²) in [7, 11) is 1.72. The SMILES string of the molecule is COCCNCC1CCN(Cc2ccc(F)cc2Cl)CC1. The van der Waals surface area contributed by atoms with Crippen LogP contribution in [0.25, 0.3) is 0 Å². The molecule has 1 aromatic carbocycles. The van der Waals surface area contributed by atoms with Crippen molar-refractivity contribution in [3.05, 3.63) is 34.6 Å². The van der Waals surface area contributed by atoms with Gasteiger partial charge in [0.2, 0.25) is 0 Å². The van der Waals surface area contributed by atoms with Crippen molar-refractivity contribution in [2.24, 2.45) is 5.92 Å². The molecule has 1 aromatic rings. The third-order valence-corrected chi connectivity index (χ3v) is 4.38. The number of methoxy groups -OCH3 is 1. The molecule has 1 saturated heterocycles. The van der Waals surface area contributed by atoms with Gasteiger partial charge in [-0.2, -0.15) is 0 Å². The zero-order valence-corrected chi connectivity index (χ0v) is 13.3. The number of hydrogen-bond donors (Lipinski definition) is 1. The fraction of sp³-hybridized carbons (Fsp3) is 0.625. The molecule has 0 aromatic heterocycles. The molecule has 118 valence electrons. The van der Waals surface area contributed by atoms with Gasteiger partial charge in [-0.1, -0.05) is 17.7 Å². The zero-order chi connectivity index (χ0) is 15.1. The largest absolute Gasteiger partial charge is 0.383 e. The highest BCUT2D eigenvalue weighted by molar-refractivity contribution is 6.31. The predicted octanol–water partition coefficient (Wildman–Crippen LogP) is 2.93. The molecule has 2 rings (SSSR count). The molecule has 1 heterocycles. The molecule has 0 spiro atoms. The van der Waals surface area contributed by atoms with Crippen LogP contribution in [0.3, 0.4) is 0 Å². The van der Waals surface area contributed by atoms with E-state index in [0.29, 0.717) is 5.02 Å². The average molecular weight is 315 g/mol. The summed E-state index contributed by atoms with van der Waals surface area (Å²) in [5, 5.41) is 3.96. The molecule has 0 amide bonds. The fourth-order valence-corrected chi connectivity index (χ4v) is 2.95. The van der Waals surface area contributed by atoms with Crippen molar-refractivity contribution < 1.29 is 9.13 Å². The summed E-state index contributed by atoms with van der Waals surface area (Å²) in [4.78, 5) is 2.39. The summed E-state index contributed by atoms with van der Waals surface area (Å²) in [6.07, 6.45) is 2.39. The van der Waals surface area contributed by atoms with E-state index < -0.39 is 0 Å². The quantitative estimate of drug-likeness (QED) is 0.783. The zero-order valence-electron chi connectivity index (χ0n) is 12.6. The van der Waals surface area contributed by atoms with E-state index in [4.69, 9.17) is 16.3 Å². The number of benzene rings is 1. The van der Waals surface area contributed by atoms with E-state index in [-0.39, 0.29) is 5.82 Å². The van der Waals surface area contributed by atoms with Crippen LogP contribution < -0.4 is 5.32 Å². The number of rotatable bonds is 7. The number of halogens is 2. The van der Waals surface area contributed by atoms with Gasteiger partial charge in [-0.3, -0.25) is 4.90 Å². The summed E-state index contributed by atoms with van der Waals surface area (Å²) in [5.41, 5.74) is 1.01. The summed E-state index contributed by atoms with van der Waals surface area (Å²) >= 11 is 6.09. The van der Waals surface area contributed by atoms with E-state index in [2.05, 4.69) is 10.2 Å². The highest BCUT2D eigenvalue weighted by Crippen LogP contribution is 2.22. The van der Waals surface area contributed by atoms with Crippen molar-refractivity contribution in [2.75, 3.05) is 39.9 Å². The molecule has 3 nitrogen and oxygen atoms in total. The second-order valence-corrected chi connectivity index (χ2v) is 6.06. The highest BCUT2D eigenvalue weighted by atomic mass is 35.5. The Labute approximate surface area is 131 Å². The van der Waals surface area contributed by atoms with E-state index in [1.54, 1.807) is 13.2 Å². The Kier molecular flexibility index (Phi) is 6.90. The van der Waals surface area contributed by atoms with Crippen LogP contribution in [0.2, 0.25) is 5.02 Å². The van der Waals surface area contributed by atoms with Crippen LogP contribution >= 0.6 is 11.6 Å². The molecule has 1 aliphatic heterocycles. The van der Waals surface area contributed by atoms with Crippen molar-refractivity contribution in [1.29, 1.82) is 0 Å². The van der Waals surface area contributed by atoms with Crippen LogP contribution in [0.15, 0.2) is 18.2 Å². The van der Waals surface area contributed by atoms with E-state index in [0.717, 1.165) is 50.8 Å². The van der Waals surface area contributed by atoms with Gasteiger partial charge in [-0.25, -0.2) is 4.39 Å². The first-order chi connectivity index (χ1) is 10.2. The number of likely N-dealkylation sites (tertiary alicyclic amines) is 1. The van der Waals surface area contributed by atoms with Crippen LogP contribution in [-0.2, 0) is 11.3 Å². The molecule has 0 aliphatic carbocycles. The van der Waals surface area contributed by atoms with Crippen LogP contribution in [0.5, 0.6) is 0 Å². The van der Waals surface area contributed by atoms with Crippen molar-refractivity contribution in [3.63, 3.8) is 0 Å². The Morgan fingerprint density at radius 1 is 1.38 bits per heavy atom. The Bertz CT molecular complexity index is 436. The molecule has 0 saturated carbocycles. The van der Waals surface area contributed by atoms with Crippen LogP contribution in [0, 0.1) is 11.7 Å². The normalized spacial score (nSPS) is 17.3. The molecule has 1 fully saturated rings. The van der Waals surface area contributed by atoms with E-state index >= 15 is 0 Å². The Morgan fingerprint density at radius 3 is 2.81 bits per heavy atom. The second kappa shape index (κ2) is 8.69. The van der Waals surface area contributed by atoms with Gasteiger partial charge in [0.1, 0.15) is 5.82 Å². The number of nitrogens with one attached hydrogen (secondary N) is 1. The molecule has 0 radical (unpaired) electrons. The van der Waals surface area contributed by atoms with Gasteiger partial charge in [0, 0.05) is 25.2 Å². The van der Waals surface area contributed by atoms with Gasteiger partial charge in [0.25, 0.3) is 0 Å². The topological polar surface area (TPSA) is 24.5 Å². The smallest absolute Gasteiger partial charge is 0.124 e. The molecule has 0 unspecified atom stereocenters. The molecule has 1 aliphatic rings. The standard InChI is InChI=1S/C16H24ClFN2O/c1-21-9-6-19-11-13-4-7-20(8-5-13)12-14-2-3-15(18)10-16(14)17/h2-3,10,13,19H,4-9,11-12H2,1H3. The molecule has 21 heavy (non-hydrogen) atoms. The number of piperidine rings is 1. The van der Waals surface area contributed by atoms with Crippen molar-refractivity contribution in [1.82, 2.24) is 10.2 Å². The molecule has 0 bridgehead atoms. The monoisotopic (exact) mass is 314 g/mol. The first kappa shape index (κ1) is 16.7. The average Bonchev–Trinajstić information content (AvgIpc) is 2.48. The first-order valence-corrected chi connectivity index (χ1v) is 7.92. The van der Waals surface area contributed by atoms with E-state index in [1.807, 2.05) is 0 Å². The molecular weight excluding hydrogens is 291 g/mol. The number of ether oxygens (including phenoxy) is 1. The van der Waals surface area contributed by atoms with Crippen molar-refractivity contribution in [3.8, 4) is 0 Å². The van der Waals surface area contributed by atoms with Crippen LogP contribution in [-0.4, -0.2) is 44.8 Å². The van der Waals surface area contributed by atoms with Crippen LogP contribution in [0.4, 0.5) is 4.39 Å². The van der Waals surface area contributed by atoms with Crippen molar-refractivity contribution in [2.45, 2.75) is 19.4 Å². The minimum atomic E-state index is -0.274. The summed E-state index contributed by atoms with van der Waals surface area (Å²) in [6, 6.07) is 4.66. The Morgan fingerprint density at radius 2 is 2.14 bits per heavy atom. The molecular formula is C16H24ClFN2O. The van der Waals surface area contributed by atoms with Gasteiger partial charge in [-0.05, 0) is 56.1 Å². The number of nitrogens with zero attached hydrogens (tertiary/aromatic N) is 1. The first-order valence-electron chi connectivity index (χ1n) is 7.55. The lowest BCUT2D eigenvalue weighted by atomic mass is 9.96. The minimum absolute atomic E-state index is 0.274. The lowest BCUT2D eigenvalue weighted by Gasteiger charge is -2.32. The molecule has 1 N–H and O–H groups in total.